The topological polar surface area (TPSA) is 44.8 Å². The van der Waals surface area contributed by atoms with Crippen molar-refractivity contribution in [2.45, 2.75) is 38.1 Å². The molecule has 1 saturated heterocycles. The summed E-state index contributed by atoms with van der Waals surface area (Å²) in [6.45, 7) is 5.51. The van der Waals surface area contributed by atoms with Crippen molar-refractivity contribution in [1.82, 2.24) is 0 Å². The molecule has 1 aliphatic rings. The highest BCUT2D eigenvalue weighted by molar-refractivity contribution is 7.55. The summed E-state index contributed by atoms with van der Waals surface area (Å²) in [5.41, 5.74) is -0.448. The van der Waals surface area contributed by atoms with E-state index in [0.29, 0.717) is 6.42 Å². The summed E-state index contributed by atoms with van der Waals surface area (Å²) < 4.78 is 27.7. The minimum atomic E-state index is -3.12. The van der Waals surface area contributed by atoms with Gasteiger partial charge in [0.05, 0.1) is 5.60 Å². The van der Waals surface area contributed by atoms with Crippen LogP contribution in [-0.4, -0.2) is 25.2 Å². The van der Waals surface area contributed by atoms with Crippen LogP contribution in [0.4, 0.5) is 0 Å². The zero-order chi connectivity index (χ0) is 10.3. The normalized spacial score (nSPS) is 43.8. The van der Waals surface area contributed by atoms with Crippen LogP contribution >= 0.6 is 7.60 Å². The van der Waals surface area contributed by atoms with Crippen molar-refractivity contribution < 1.29 is 18.3 Å². The zero-order valence-corrected chi connectivity index (χ0v) is 9.68. The zero-order valence-electron chi connectivity index (χ0n) is 8.79. The molecular weight excluding hydrogens is 191 g/mol. The third-order valence-corrected chi connectivity index (χ3v) is 5.10. The van der Waals surface area contributed by atoms with E-state index in [4.69, 9.17) is 13.8 Å². The maximum atomic E-state index is 12.1. The van der Waals surface area contributed by atoms with Gasteiger partial charge in [0.25, 0.3) is 0 Å². The molecule has 0 unspecified atom stereocenters. The largest absolute Gasteiger partial charge is 0.366 e. The number of rotatable bonds is 2. The molecule has 1 rings (SSSR count). The highest BCUT2D eigenvalue weighted by Gasteiger charge is 2.59. The van der Waals surface area contributed by atoms with Crippen LogP contribution in [0.5, 0.6) is 0 Å². The first-order valence-corrected chi connectivity index (χ1v) is 5.75. The molecule has 0 amide bonds. The monoisotopic (exact) mass is 208 g/mol. The molecule has 78 valence electrons. The van der Waals surface area contributed by atoms with Gasteiger partial charge in [-0.05, 0) is 20.8 Å². The van der Waals surface area contributed by atoms with Gasteiger partial charge in [-0.3, -0.25) is 4.57 Å². The number of methoxy groups -OCH3 is 1. The minimum absolute atomic E-state index is 0.448. The Morgan fingerprint density at radius 3 is 2.15 bits per heavy atom. The molecule has 0 aromatic heterocycles. The van der Waals surface area contributed by atoms with Crippen LogP contribution in [0.15, 0.2) is 0 Å². The van der Waals surface area contributed by atoms with E-state index >= 15 is 0 Å². The first-order valence-electron chi connectivity index (χ1n) is 4.20. The minimum Gasteiger partial charge on any atom is -0.366 e. The number of ether oxygens (including phenoxy) is 1. The van der Waals surface area contributed by atoms with Crippen molar-refractivity contribution in [1.29, 1.82) is 0 Å². The maximum absolute atomic E-state index is 12.1. The molecule has 1 heterocycles. The first-order chi connectivity index (χ1) is 5.79. The van der Waals surface area contributed by atoms with E-state index < -0.39 is 18.5 Å². The Balaban J connectivity index is 3.04. The first kappa shape index (κ1) is 11.2. The molecule has 4 nitrogen and oxygen atoms in total. The van der Waals surface area contributed by atoms with Gasteiger partial charge in [0.15, 0.2) is 5.34 Å². The number of hydrogen-bond acceptors (Lipinski definition) is 4. The summed E-state index contributed by atoms with van der Waals surface area (Å²) in [6, 6.07) is 0. The van der Waals surface area contributed by atoms with Crippen molar-refractivity contribution in [2.24, 2.45) is 0 Å². The van der Waals surface area contributed by atoms with Gasteiger partial charge in [0, 0.05) is 20.6 Å². The fourth-order valence-corrected chi connectivity index (χ4v) is 3.92. The Bertz CT molecular complexity index is 251. The molecule has 5 heteroatoms. The average molecular weight is 208 g/mol. The lowest BCUT2D eigenvalue weighted by Crippen LogP contribution is -2.27. The fourth-order valence-electron chi connectivity index (χ4n) is 1.76. The molecule has 0 bridgehead atoms. The SMILES string of the molecule is CO[C@]1(C)CC(C)(C)O[P@@]1(=O)OC. The van der Waals surface area contributed by atoms with Crippen molar-refractivity contribution in [3.05, 3.63) is 0 Å². The summed E-state index contributed by atoms with van der Waals surface area (Å²) in [5.74, 6) is 0. The molecule has 13 heavy (non-hydrogen) atoms. The molecule has 0 saturated carbocycles. The summed E-state index contributed by atoms with van der Waals surface area (Å²) >= 11 is 0. The van der Waals surface area contributed by atoms with Gasteiger partial charge in [0.2, 0.25) is 0 Å². The Kier molecular flexibility index (Phi) is 2.63. The van der Waals surface area contributed by atoms with E-state index in [1.54, 1.807) is 6.92 Å². The van der Waals surface area contributed by atoms with Gasteiger partial charge in [-0.2, -0.15) is 0 Å². The second kappa shape index (κ2) is 3.06. The van der Waals surface area contributed by atoms with E-state index in [1.807, 2.05) is 13.8 Å². The van der Waals surface area contributed by atoms with Crippen LogP contribution in [0.3, 0.4) is 0 Å². The van der Waals surface area contributed by atoms with Crippen molar-refractivity contribution in [3.8, 4) is 0 Å². The second-order valence-corrected chi connectivity index (χ2v) is 6.58. The van der Waals surface area contributed by atoms with Crippen molar-refractivity contribution in [2.75, 3.05) is 14.2 Å². The highest BCUT2D eigenvalue weighted by atomic mass is 31.2. The number of hydrogen-bond donors (Lipinski definition) is 0. The Morgan fingerprint density at radius 1 is 1.31 bits per heavy atom. The van der Waals surface area contributed by atoms with Gasteiger partial charge < -0.3 is 13.8 Å². The third kappa shape index (κ3) is 1.68. The van der Waals surface area contributed by atoms with Crippen LogP contribution in [0.25, 0.3) is 0 Å². The van der Waals surface area contributed by atoms with Gasteiger partial charge in [0.1, 0.15) is 0 Å². The summed E-state index contributed by atoms with van der Waals surface area (Å²) in [5, 5.41) is -0.814. The quantitative estimate of drug-likeness (QED) is 0.653. The lowest BCUT2D eigenvalue weighted by atomic mass is 10.0. The fraction of sp³-hybridized carbons (Fsp3) is 1.00. The molecule has 0 spiro atoms. The maximum Gasteiger partial charge on any atom is 0.362 e. The highest BCUT2D eigenvalue weighted by Crippen LogP contribution is 2.69. The second-order valence-electron chi connectivity index (χ2n) is 4.09. The molecule has 0 aliphatic carbocycles. The molecule has 0 radical (unpaired) electrons. The van der Waals surface area contributed by atoms with Crippen LogP contribution < -0.4 is 0 Å². The standard InChI is InChI=1S/C8H17O4P/c1-7(2)6-8(3,10-4)13(9,11-5)12-7/h6H2,1-5H3/t8-,13-/m0/s1. The van der Waals surface area contributed by atoms with Gasteiger partial charge >= 0.3 is 7.60 Å². The molecule has 1 aliphatic heterocycles. The summed E-state index contributed by atoms with van der Waals surface area (Å²) in [7, 11) is -0.204. The van der Waals surface area contributed by atoms with Gasteiger partial charge in [-0.1, -0.05) is 0 Å². The Hall–Kier alpha value is 0.110. The predicted molar refractivity (Wildman–Crippen MR) is 49.8 cm³/mol. The molecule has 1 fully saturated rings. The molecule has 0 aromatic carbocycles. The summed E-state index contributed by atoms with van der Waals surface area (Å²) in [4.78, 5) is 0. The summed E-state index contributed by atoms with van der Waals surface area (Å²) in [6.07, 6.45) is 0.571. The Labute approximate surface area is 79.1 Å². The van der Waals surface area contributed by atoms with E-state index in [9.17, 15) is 4.57 Å². The van der Waals surface area contributed by atoms with Crippen molar-refractivity contribution in [3.63, 3.8) is 0 Å². The molecule has 0 N–H and O–H groups in total. The predicted octanol–water partition coefficient (Wildman–Crippen LogP) is 2.39. The molecular formula is C8H17O4P. The van der Waals surface area contributed by atoms with Crippen LogP contribution in [-0.2, 0) is 18.3 Å². The van der Waals surface area contributed by atoms with Crippen LogP contribution in [0.2, 0.25) is 0 Å². The van der Waals surface area contributed by atoms with E-state index in [2.05, 4.69) is 0 Å². The van der Waals surface area contributed by atoms with Crippen molar-refractivity contribution >= 4 is 7.60 Å². The third-order valence-electron chi connectivity index (χ3n) is 2.38. The van der Waals surface area contributed by atoms with E-state index in [-0.39, 0.29) is 0 Å². The lowest BCUT2D eigenvalue weighted by molar-refractivity contribution is 0.0513. The average Bonchev–Trinajstić information content (AvgIpc) is 2.19. The van der Waals surface area contributed by atoms with Crippen LogP contribution in [0, 0.1) is 0 Å². The van der Waals surface area contributed by atoms with Gasteiger partial charge in [-0.25, -0.2) is 0 Å². The molecule has 2 atom stereocenters. The lowest BCUT2D eigenvalue weighted by Gasteiger charge is -2.25. The Morgan fingerprint density at radius 2 is 1.85 bits per heavy atom. The smallest absolute Gasteiger partial charge is 0.362 e. The van der Waals surface area contributed by atoms with E-state index in [0.717, 1.165) is 0 Å². The van der Waals surface area contributed by atoms with E-state index in [1.165, 1.54) is 14.2 Å². The molecule has 0 aromatic rings. The van der Waals surface area contributed by atoms with Gasteiger partial charge in [-0.15, -0.1) is 0 Å². The van der Waals surface area contributed by atoms with Crippen LogP contribution in [0.1, 0.15) is 27.2 Å².